The lowest BCUT2D eigenvalue weighted by molar-refractivity contribution is -0.890. The lowest BCUT2D eigenvalue weighted by atomic mass is 10.2. The van der Waals surface area contributed by atoms with Crippen LogP contribution in [0.15, 0.2) is 0 Å². The van der Waals surface area contributed by atoms with Crippen molar-refractivity contribution in [2.45, 2.75) is 39.5 Å². The van der Waals surface area contributed by atoms with E-state index in [0.29, 0.717) is 13.0 Å². The summed E-state index contributed by atoms with van der Waals surface area (Å²) in [5, 5.41) is 0. The van der Waals surface area contributed by atoms with Gasteiger partial charge < -0.3 is 9.22 Å². The Morgan fingerprint density at radius 3 is 2.27 bits per heavy atom. The van der Waals surface area contributed by atoms with Crippen molar-refractivity contribution in [2.75, 3.05) is 33.8 Å². The van der Waals surface area contributed by atoms with Gasteiger partial charge in [-0.2, -0.15) is 0 Å². The van der Waals surface area contributed by atoms with Crippen LogP contribution < -0.4 is 0 Å². The Morgan fingerprint density at radius 2 is 1.73 bits per heavy atom. The SMILES string of the molecule is CCCC[N+](C)(C)CCCOC(=O)CC. The van der Waals surface area contributed by atoms with Gasteiger partial charge in [0.25, 0.3) is 0 Å². The second kappa shape index (κ2) is 7.69. The molecule has 0 aromatic rings. The molecule has 0 heterocycles. The number of ether oxygens (including phenoxy) is 1. The maximum atomic E-state index is 10.9. The molecule has 0 atom stereocenters. The van der Waals surface area contributed by atoms with Crippen LogP contribution in [0.25, 0.3) is 0 Å². The van der Waals surface area contributed by atoms with E-state index in [4.69, 9.17) is 4.74 Å². The first-order valence-corrected chi connectivity index (χ1v) is 5.99. The fourth-order valence-corrected chi connectivity index (χ4v) is 1.48. The van der Waals surface area contributed by atoms with Crippen LogP contribution in [0.1, 0.15) is 39.5 Å². The maximum Gasteiger partial charge on any atom is 0.305 e. The first-order chi connectivity index (χ1) is 7.02. The largest absolute Gasteiger partial charge is 0.465 e. The molecular formula is C12H26NO2+. The molecule has 0 aliphatic heterocycles. The molecule has 0 aliphatic rings. The smallest absolute Gasteiger partial charge is 0.305 e. The van der Waals surface area contributed by atoms with E-state index in [-0.39, 0.29) is 5.97 Å². The van der Waals surface area contributed by atoms with Crippen molar-refractivity contribution in [2.24, 2.45) is 0 Å². The number of carbonyl (C=O) groups is 1. The second-order valence-electron chi connectivity index (χ2n) is 4.66. The molecule has 0 amide bonds. The summed E-state index contributed by atoms with van der Waals surface area (Å²) in [6, 6.07) is 0. The number of hydrogen-bond acceptors (Lipinski definition) is 2. The number of unbranched alkanes of at least 4 members (excludes halogenated alkanes) is 1. The van der Waals surface area contributed by atoms with Crippen LogP contribution in [-0.4, -0.2) is 44.2 Å². The van der Waals surface area contributed by atoms with Crippen molar-refractivity contribution in [1.82, 2.24) is 0 Å². The highest BCUT2D eigenvalue weighted by Crippen LogP contribution is 2.03. The maximum absolute atomic E-state index is 10.9. The highest BCUT2D eigenvalue weighted by atomic mass is 16.5. The number of quaternary nitrogens is 1. The average molecular weight is 216 g/mol. The zero-order chi connectivity index (χ0) is 11.7. The first kappa shape index (κ1) is 14.4. The topological polar surface area (TPSA) is 26.3 Å². The molecule has 90 valence electrons. The summed E-state index contributed by atoms with van der Waals surface area (Å²) in [4.78, 5) is 10.9. The van der Waals surface area contributed by atoms with Gasteiger partial charge in [-0.3, -0.25) is 4.79 Å². The van der Waals surface area contributed by atoms with E-state index < -0.39 is 0 Å². The number of hydrogen-bond donors (Lipinski definition) is 0. The predicted molar refractivity (Wildman–Crippen MR) is 62.6 cm³/mol. The Hall–Kier alpha value is -0.570. The molecule has 0 radical (unpaired) electrons. The van der Waals surface area contributed by atoms with E-state index in [9.17, 15) is 4.79 Å². The standard InChI is InChI=1S/C12H26NO2/c1-5-7-9-13(3,4)10-8-11-15-12(14)6-2/h5-11H2,1-4H3/q+1. The van der Waals surface area contributed by atoms with Crippen LogP contribution in [0.5, 0.6) is 0 Å². The summed E-state index contributed by atoms with van der Waals surface area (Å²) in [5.41, 5.74) is 0. The van der Waals surface area contributed by atoms with Gasteiger partial charge in [0.1, 0.15) is 0 Å². The lowest BCUT2D eigenvalue weighted by Crippen LogP contribution is -2.41. The third kappa shape index (κ3) is 8.43. The second-order valence-corrected chi connectivity index (χ2v) is 4.66. The van der Waals surface area contributed by atoms with Crippen LogP contribution in [0.4, 0.5) is 0 Å². The van der Waals surface area contributed by atoms with Gasteiger partial charge in [-0.25, -0.2) is 0 Å². The summed E-state index contributed by atoms with van der Waals surface area (Å²) in [7, 11) is 4.47. The van der Waals surface area contributed by atoms with Crippen molar-refractivity contribution in [3.05, 3.63) is 0 Å². The van der Waals surface area contributed by atoms with Crippen molar-refractivity contribution in [1.29, 1.82) is 0 Å². The molecule has 15 heavy (non-hydrogen) atoms. The van der Waals surface area contributed by atoms with Gasteiger partial charge in [0.2, 0.25) is 0 Å². The summed E-state index contributed by atoms with van der Waals surface area (Å²) >= 11 is 0. The van der Waals surface area contributed by atoms with E-state index in [1.54, 1.807) is 0 Å². The molecule has 0 spiro atoms. The number of esters is 1. The quantitative estimate of drug-likeness (QED) is 0.353. The molecule has 3 heteroatoms. The van der Waals surface area contributed by atoms with Crippen molar-refractivity contribution >= 4 is 5.97 Å². The normalized spacial score (nSPS) is 11.5. The number of nitrogens with zero attached hydrogens (tertiary/aromatic N) is 1. The molecule has 0 rings (SSSR count). The molecule has 0 saturated carbocycles. The molecule has 0 N–H and O–H groups in total. The van der Waals surface area contributed by atoms with Gasteiger partial charge in [0.05, 0.1) is 33.8 Å². The van der Waals surface area contributed by atoms with E-state index in [1.807, 2.05) is 6.92 Å². The fourth-order valence-electron chi connectivity index (χ4n) is 1.48. The van der Waals surface area contributed by atoms with Gasteiger partial charge >= 0.3 is 5.97 Å². The minimum atomic E-state index is -0.0890. The summed E-state index contributed by atoms with van der Waals surface area (Å²) in [6.07, 6.45) is 3.95. The monoisotopic (exact) mass is 216 g/mol. The Labute approximate surface area is 94.0 Å². The summed E-state index contributed by atoms with van der Waals surface area (Å²) in [5.74, 6) is -0.0890. The van der Waals surface area contributed by atoms with Gasteiger partial charge in [0.15, 0.2) is 0 Å². The molecular weight excluding hydrogens is 190 g/mol. The van der Waals surface area contributed by atoms with Gasteiger partial charge in [-0.05, 0) is 6.42 Å². The average Bonchev–Trinajstić information content (AvgIpc) is 2.21. The molecule has 0 saturated heterocycles. The Bertz CT molecular complexity index is 178. The molecule has 3 nitrogen and oxygen atoms in total. The van der Waals surface area contributed by atoms with Crippen LogP contribution in [0.3, 0.4) is 0 Å². The molecule has 0 fully saturated rings. The van der Waals surface area contributed by atoms with Crippen LogP contribution in [0, 0.1) is 0 Å². The van der Waals surface area contributed by atoms with Crippen molar-refractivity contribution in [3.8, 4) is 0 Å². The van der Waals surface area contributed by atoms with E-state index >= 15 is 0 Å². The highest BCUT2D eigenvalue weighted by Gasteiger charge is 2.13. The Morgan fingerprint density at radius 1 is 1.13 bits per heavy atom. The van der Waals surface area contributed by atoms with Gasteiger partial charge in [-0.1, -0.05) is 20.3 Å². The van der Waals surface area contributed by atoms with E-state index in [1.165, 1.54) is 19.4 Å². The minimum absolute atomic E-state index is 0.0890. The van der Waals surface area contributed by atoms with Crippen molar-refractivity contribution < 1.29 is 14.0 Å². The molecule has 0 aromatic heterocycles. The molecule has 0 aliphatic carbocycles. The zero-order valence-corrected chi connectivity index (χ0v) is 10.7. The van der Waals surface area contributed by atoms with E-state index in [2.05, 4.69) is 21.0 Å². The van der Waals surface area contributed by atoms with Crippen molar-refractivity contribution in [3.63, 3.8) is 0 Å². The minimum Gasteiger partial charge on any atom is -0.465 e. The zero-order valence-electron chi connectivity index (χ0n) is 10.7. The summed E-state index contributed by atoms with van der Waals surface area (Å²) in [6.45, 7) is 6.89. The van der Waals surface area contributed by atoms with Gasteiger partial charge in [-0.15, -0.1) is 0 Å². The molecule has 0 bridgehead atoms. The fraction of sp³-hybridized carbons (Fsp3) is 0.917. The van der Waals surface area contributed by atoms with E-state index in [0.717, 1.165) is 17.4 Å². The molecule has 0 unspecified atom stereocenters. The third-order valence-corrected chi connectivity index (χ3v) is 2.58. The Balaban J connectivity index is 3.52. The van der Waals surface area contributed by atoms with Crippen LogP contribution >= 0.6 is 0 Å². The Kier molecular flexibility index (Phi) is 7.39. The lowest BCUT2D eigenvalue weighted by Gasteiger charge is -2.29. The van der Waals surface area contributed by atoms with Gasteiger partial charge in [0, 0.05) is 12.8 Å². The first-order valence-electron chi connectivity index (χ1n) is 5.99. The predicted octanol–water partition coefficient (Wildman–Crippen LogP) is 2.21. The third-order valence-electron chi connectivity index (χ3n) is 2.58. The van der Waals surface area contributed by atoms with Crippen LogP contribution in [-0.2, 0) is 9.53 Å². The summed E-state index contributed by atoms with van der Waals surface area (Å²) < 4.78 is 6.07. The van der Waals surface area contributed by atoms with Crippen LogP contribution in [0.2, 0.25) is 0 Å². The molecule has 0 aromatic carbocycles. The highest BCUT2D eigenvalue weighted by molar-refractivity contribution is 5.68. The number of carbonyl (C=O) groups excluding carboxylic acids is 1. The number of rotatable bonds is 8.